The Labute approximate surface area is 115 Å². The maximum atomic E-state index is 6.01. The van der Waals surface area contributed by atoms with Gasteiger partial charge in [-0.1, -0.05) is 29.8 Å². The van der Waals surface area contributed by atoms with Crippen molar-refractivity contribution in [1.82, 2.24) is 0 Å². The fourth-order valence-electron chi connectivity index (χ4n) is 3.30. The van der Waals surface area contributed by atoms with Crippen LogP contribution < -0.4 is 4.90 Å². The number of hydrogen-bond donors (Lipinski definition) is 0. The Hall–Kier alpha value is -1.70. The van der Waals surface area contributed by atoms with E-state index in [4.69, 9.17) is 4.74 Å². The number of nitrogens with zero attached hydrogens (tertiary/aromatic N) is 1. The van der Waals surface area contributed by atoms with Crippen molar-refractivity contribution in [3.05, 3.63) is 53.8 Å². The highest BCUT2D eigenvalue weighted by Gasteiger charge is 2.40. The lowest BCUT2D eigenvalue weighted by molar-refractivity contribution is 0.0638. The van der Waals surface area contributed by atoms with Gasteiger partial charge in [0.2, 0.25) is 0 Å². The van der Waals surface area contributed by atoms with Crippen molar-refractivity contribution in [1.29, 1.82) is 0 Å². The number of allylic oxidation sites excluding steroid dienone is 2. The second kappa shape index (κ2) is 4.76. The van der Waals surface area contributed by atoms with Crippen LogP contribution >= 0.6 is 0 Å². The molecule has 2 aliphatic rings. The molecule has 2 nitrogen and oxygen atoms in total. The summed E-state index contributed by atoms with van der Waals surface area (Å²) in [5.41, 5.74) is 4.04. The van der Waals surface area contributed by atoms with Crippen LogP contribution in [0.3, 0.4) is 0 Å². The molecule has 0 N–H and O–H groups in total. The largest absolute Gasteiger partial charge is 0.478 e. The molecule has 0 saturated heterocycles. The van der Waals surface area contributed by atoms with Crippen molar-refractivity contribution in [2.24, 2.45) is 11.8 Å². The number of benzene rings is 1. The first-order valence-electron chi connectivity index (χ1n) is 6.95. The first-order chi connectivity index (χ1) is 9.18. The Bertz CT molecular complexity index is 517. The number of hydrogen-bond acceptors (Lipinski definition) is 2. The molecule has 1 aromatic carbocycles. The van der Waals surface area contributed by atoms with Crippen LogP contribution in [0.4, 0.5) is 5.69 Å². The molecule has 3 atom stereocenters. The Kier molecular flexibility index (Phi) is 3.09. The second-order valence-electron chi connectivity index (χ2n) is 5.65. The molecule has 0 amide bonds. The van der Waals surface area contributed by atoms with Crippen LogP contribution in [0, 0.1) is 11.8 Å². The zero-order valence-electron chi connectivity index (χ0n) is 11.8. The zero-order chi connectivity index (χ0) is 13.4. The molecule has 2 heteroatoms. The Morgan fingerprint density at radius 3 is 2.58 bits per heavy atom. The quantitative estimate of drug-likeness (QED) is 0.741. The summed E-state index contributed by atoms with van der Waals surface area (Å²) in [7, 11) is 2.12. The van der Waals surface area contributed by atoms with E-state index in [9.17, 15) is 0 Å². The van der Waals surface area contributed by atoms with Crippen molar-refractivity contribution in [2.45, 2.75) is 26.5 Å². The van der Waals surface area contributed by atoms with Crippen molar-refractivity contribution in [2.75, 3.05) is 11.9 Å². The van der Waals surface area contributed by atoms with Crippen LogP contribution in [0.1, 0.15) is 20.3 Å². The molecule has 100 valence electrons. The first-order valence-corrected chi connectivity index (χ1v) is 6.95. The van der Waals surface area contributed by atoms with E-state index in [-0.39, 0.29) is 6.23 Å². The molecule has 0 aromatic heterocycles. The van der Waals surface area contributed by atoms with Gasteiger partial charge in [0, 0.05) is 18.7 Å². The lowest BCUT2D eigenvalue weighted by atomic mass is 9.83. The highest BCUT2D eigenvalue weighted by molar-refractivity contribution is 5.47. The summed E-state index contributed by atoms with van der Waals surface area (Å²) < 4.78 is 6.01. The summed E-state index contributed by atoms with van der Waals surface area (Å²) in [6, 6.07) is 10.5. The fourth-order valence-corrected chi connectivity index (χ4v) is 3.30. The third kappa shape index (κ3) is 2.05. The van der Waals surface area contributed by atoms with E-state index in [1.54, 1.807) is 0 Å². The van der Waals surface area contributed by atoms with Gasteiger partial charge in [-0.25, -0.2) is 0 Å². The zero-order valence-corrected chi connectivity index (χ0v) is 11.8. The molecule has 1 aliphatic carbocycles. The minimum Gasteiger partial charge on any atom is -0.478 e. The van der Waals surface area contributed by atoms with Gasteiger partial charge in [0.1, 0.15) is 0 Å². The predicted octanol–water partition coefficient (Wildman–Crippen LogP) is 3.97. The van der Waals surface area contributed by atoms with Crippen LogP contribution in [0.2, 0.25) is 0 Å². The minimum atomic E-state index is 0.106. The maximum absolute atomic E-state index is 6.01. The van der Waals surface area contributed by atoms with Crippen molar-refractivity contribution in [3.63, 3.8) is 0 Å². The summed E-state index contributed by atoms with van der Waals surface area (Å²) in [5, 5.41) is 0. The summed E-state index contributed by atoms with van der Waals surface area (Å²) >= 11 is 0. The Morgan fingerprint density at radius 1 is 1.11 bits per heavy atom. The van der Waals surface area contributed by atoms with Gasteiger partial charge in [-0.3, -0.25) is 0 Å². The summed E-state index contributed by atoms with van der Waals surface area (Å²) in [6.45, 7) is 4.42. The molecule has 0 unspecified atom stereocenters. The average molecular weight is 255 g/mol. The minimum absolute atomic E-state index is 0.106. The van der Waals surface area contributed by atoms with Crippen LogP contribution in [-0.4, -0.2) is 13.3 Å². The lowest BCUT2D eigenvalue weighted by Gasteiger charge is -2.40. The third-order valence-corrected chi connectivity index (χ3v) is 4.48. The van der Waals surface area contributed by atoms with E-state index in [2.05, 4.69) is 56.1 Å². The third-order valence-electron chi connectivity index (χ3n) is 4.48. The van der Waals surface area contributed by atoms with E-state index in [0.717, 1.165) is 6.42 Å². The van der Waals surface area contributed by atoms with Crippen LogP contribution in [-0.2, 0) is 4.74 Å². The fraction of sp³-hybridized carbons (Fsp3) is 0.412. The molecule has 0 radical (unpaired) electrons. The lowest BCUT2D eigenvalue weighted by Crippen LogP contribution is -2.44. The highest BCUT2D eigenvalue weighted by atomic mass is 16.5. The SMILES string of the molecule is CC1=CC[C@H]2C(C)=CO[C@H](N(C)c3ccccc3)[C@@H]12. The van der Waals surface area contributed by atoms with E-state index in [1.807, 2.05) is 12.3 Å². The molecule has 0 bridgehead atoms. The molecule has 0 saturated carbocycles. The number of para-hydroxylation sites is 1. The van der Waals surface area contributed by atoms with E-state index in [0.29, 0.717) is 11.8 Å². The van der Waals surface area contributed by atoms with Gasteiger partial charge < -0.3 is 9.64 Å². The normalized spacial score (nSPS) is 29.1. The summed E-state index contributed by atoms with van der Waals surface area (Å²) in [5.74, 6) is 1.10. The number of anilines is 1. The predicted molar refractivity (Wildman–Crippen MR) is 78.8 cm³/mol. The molecule has 1 aliphatic heterocycles. The molecule has 1 aromatic rings. The first kappa shape index (κ1) is 12.3. The standard InChI is InChI=1S/C17H21NO/c1-12-9-10-15-13(2)11-19-17(16(12)15)18(3)14-7-5-4-6-8-14/h4-9,11,15-17H,10H2,1-3H3/t15-,16-,17-/m0/s1. The van der Waals surface area contributed by atoms with Crippen LogP contribution in [0.25, 0.3) is 0 Å². The van der Waals surface area contributed by atoms with E-state index in [1.165, 1.54) is 16.8 Å². The molecular formula is C17H21NO. The van der Waals surface area contributed by atoms with Gasteiger partial charge in [0.25, 0.3) is 0 Å². The average Bonchev–Trinajstić information content (AvgIpc) is 2.83. The van der Waals surface area contributed by atoms with Gasteiger partial charge >= 0.3 is 0 Å². The number of rotatable bonds is 2. The monoisotopic (exact) mass is 255 g/mol. The summed E-state index contributed by atoms with van der Waals surface area (Å²) in [4.78, 5) is 2.25. The summed E-state index contributed by atoms with van der Waals surface area (Å²) in [6.07, 6.45) is 5.58. The Balaban J connectivity index is 1.90. The molecular weight excluding hydrogens is 234 g/mol. The number of fused-ring (bicyclic) bond motifs is 1. The van der Waals surface area contributed by atoms with Gasteiger partial charge in [-0.05, 0) is 43.9 Å². The van der Waals surface area contributed by atoms with E-state index < -0.39 is 0 Å². The van der Waals surface area contributed by atoms with Gasteiger partial charge in [-0.2, -0.15) is 0 Å². The van der Waals surface area contributed by atoms with Crippen LogP contribution in [0.5, 0.6) is 0 Å². The topological polar surface area (TPSA) is 12.5 Å². The molecule has 0 fully saturated rings. The molecule has 19 heavy (non-hydrogen) atoms. The van der Waals surface area contributed by atoms with E-state index >= 15 is 0 Å². The second-order valence-corrected chi connectivity index (χ2v) is 5.65. The molecule has 3 rings (SSSR count). The van der Waals surface area contributed by atoms with Crippen molar-refractivity contribution < 1.29 is 4.74 Å². The van der Waals surface area contributed by atoms with Crippen molar-refractivity contribution >= 4 is 5.69 Å². The Morgan fingerprint density at radius 2 is 1.84 bits per heavy atom. The maximum Gasteiger partial charge on any atom is 0.178 e. The smallest absolute Gasteiger partial charge is 0.178 e. The highest BCUT2D eigenvalue weighted by Crippen LogP contribution is 2.43. The van der Waals surface area contributed by atoms with Crippen molar-refractivity contribution in [3.8, 4) is 0 Å². The van der Waals surface area contributed by atoms with Crippen LogP contribution in [0.15, 0.2) is 53.8 Å². The molecule has 0 spiro atoms. The number of ether oxygens (including phenoxy) is 1. The van der Waals surface area contributed by atoms with Gasteiger partial charge in [-0.15, -0.1) is 0 Å². The van der Waals surface area contributed by atoms with Gasteiger partial charge in [0.05, 0.1) is 6.26 Å². The molecule has 1 heterocycles. The van der Waals surface area contributed by atoms with Gasteiger partial charge in [0.15, 0.2) is 6.23 Å².